The topological polar surface area (TPSA) is 133 Å². The zero-order valence-electron chi connectivity index (χ0n) is 22.2. The zero-order valence-corrected chi connectivity index (χ0v) is 22.2. The van der Waals surface area contributed by atoms with E-state index in [0.29, 0.717) is 6.42 Å². The minimum atomic E-state index is -0.554. The molecule has 4 atom stereocenters. The van der Waals surface area contributed by atoms with Crippen molar-refractivity contribution in [3.8, 4) is 0 Å². The summed E-state index contributed by atoms with van der Waals surface area (Å²) >= 11 is 0. The minimum absolute atomic E-state index is 0.0937. The highest BCUT2D eigenvalue weighted by molar-refractivity contribution is 5.69. The lowest BCUT2D eigenvalue weighted by Crippen LogP contribution is -2.45. The summed E-state index contributed by atoms with van der Waals surface area (Å²) in [5, 5.41) is 27.4. The lowest BCUT2D eigenvalue weighted by atomic mass is 10.1. The van der Waals surface area contributed by atoms with E-state index in [1.807, 2.05) is 0 Å². The summed E-state index contributed by atoms with van der Waals surface area (Å²) in [6, 6.07) is 0. The van der Waals surface area contributed by atoms with Crippen LogP contribution >= 0.6 is 0 Å². The highest BCUT2D eigenvalue weighted by Crippen LogP contribution is 2.25. The van der Waals surface area contributed by atoms with Crippen molar-refractivity contribution in [2.45, 2.75) is 95.5 Å². The molecule has 0 saturated carbocycles. The third-order valence-electron chi connectivity index (χ3n) is 6.01. The Morgan fingerprint density at radius 3 is 2.14 bits per heavy atom. The number of ether oxygens (including phenoxy) is 6. The molecule has 0 spiro atoms. The number of esters is 1. The van der Waals surface area contributed by atoms with E-state index in [2.05, 4.69) is 6.92 Å². The van der Waals surface area contributed by atoms with Crippen molar-refractivity contribution < 1.29 is 48.5 Å². The van der Waals surface area contributed by atoms with Crippen molar-refractivity contribution >= 4 is 5.97 Å². The molecular weight excluding hydrogens is 472 g/mol. The van der Waals surface area contributed by atoms with Crippen LogP contribution in [-0.4, -0.2) is 112 Å². The predicted octanol–water partition coefficient (Wildman–Crippen LogP) is 2.00. The molecule has 0 radical (unpaired) electrons. The fourth-order valence-electron chi connectivity index (χ4n) is 4.17. The first-order valence-electron chi connectivity index (χ1n) is 13.7. The molecule has 1 aliphatic rings. The fraction of sp³-hybridized carbons (Fsp3) is 0.962. The average molecular weight is 523 g/mol. The SMILES string of the molecule is CCCCCCCCCCCC(=O)OCCOCC(OCCO)[C@H]1OCC(OCCO)[C@H]1OCCO. The smallest absolute Gasteiger partial charge is 0.305 e. The number of carbonyl (C=O) groups is 1. The Balaban J connectivity index is 2.27. The van der Waals surface area contributed by atoms with Gasteiger partial charge in [-0.2, -0.15) is 0 Å². The summed E-state index contributed by atoms with van der Waals surface area (Å²) in [5.41, 5.74) is 0. The largest absolute Gasteiger partial charge is 0.463 e. The lowest BCUT2D eigenvalue weighted by molar-refractivity contribution is -0.149. The maximum Gasteiger partial charge on any atom is 0.305 e. The molecule has 0 aromatic rings. The van der Waals surface area contributed by atoms with Gasteiger partial charge in [-0.25, -0.2) is 0 Å². The number of aliphatic hydroxyl groups is 3. The van der Waals surface area contributed by atoms with Crippen molar-refractivity contribution in [2.24, 2.45) is 0 Å². The molecule has 1 rings (SSSR count). The molecule has 0 aromatic heterocycles. The van der Waals surface area contributed by atoms with Gasteiger partial charge in [0.25, 0.3) is 0 Å². The summed E-state index contributed by atoms with van der Waals surface area (Å²) in [7, 11) is 0. The molecule has 10 nitrogen and oxygen atoms in total. The van der Waals surface area contributed by atoms with Gasteiger partial charge >= 0.3 is 5.97 Å². The van der Waals surface area contributed by atoms with Crippen molar-refractivity contribution in [2.75, 3.05) is 66.1 Å². The van der Waals surface area contributed by atoms with Crippen LogP contribution in [0.25, 0.3) is 0 Å². The van der Waals surface area contributed by atoms with E-state index in [1.165, 1.54) is 38.5 Å². The molecule has 1 saturated heterocycles. The van der Waals surface area contributed by atoms with Crippen LogP contribution in [-0.2, 0) is 33.2 Å². The van der Waals surface area contributed by atoms with E-state index in [4.69, 9.17) is 38.6 Å². The van der Waals surface area contributed by atoms with Crippen LogP contribution in [0.15, 0.2) is 0 Å². The van der Waals surface area contributed by atoms with Crippen LogP contribution in [0, 0.1) is 0 Å². The molecular formula is C26H50O10. The number of unbranched alkanes of at least 4 members (excludes halogenated alkanes) is 8. The van der Waals surface area contributed by atoms with Gasteiger partial charge < -0.3 is 43.7 Å². The summed E-state index contributed by atoms with van der Waals surface area (Å²) in [4.78, 5) is 11.9. The Labute approximate surface area is 216 Å². The molecule has 0 aliphatic carbocycles. The van der Waals surface area contributed by atoms with Gasteiger partial charge in [-0.15, -0.1) is 0 Å². The normalized spacial score (nSPS) is 20.6. The number of rotatable bonds is 25. The highest BCUT2D eigenvalue weighted by atomic mass is 16.6. The lowest BCUT2D eigenvalue weighted by Gasteiger charge is -2.29. The first-order chi connectivity index (χ1) is 17.7. The summed E-state index contributed by atoms with van der Waals surface area (Å²) in [5.74, 6) is -0.213. The van der Waals surface area contributed by atoms with Crippen LogP contribution in [0.3, 0.4) is 0 Å². The molecule has 214 valence electrons. The van der Waals surface area contributed by atoms with Gasteiger partial charge in [0.1, 0.15) is 31.0 Å². The number of hydrogen-bond donors (Lipinski definition) is 3. The van der Waals surface area contributed by atoms with Crippen LogP contribution in [0.5, 0.6) is 0 Å². The van der Waals surface area contributed by atoms with E-state index in [9.17, 15) is 9.90 Å². The maximum atomic E-state index is 11.9. The first-order valence-corrected chi connectivity index (χ1v) is 13.7. The van der Waals surface area contributed by atoms with Gasteiger partial charge in [-0.3, -0.25) is 4.79 Å². The summed E-state index contributed by atoms with van der Waals surface area (Å²) < 4.78 is 33.8. The number of carbonyl (C=O) groups excluding carboxylic acids is 1. The summed E-state index contributed by atoms with van der Waals surface area (Å²) in [6.45, 7) is 2.88. The Kier molecular flexibility index (Phi) is 21.5. The Morgan fingerprint density at radius 1 is 0.833 bits per heavy atom. The molecule has 2 unspecified atom stereocenters. The van der Waals surface area contributed by atoms with Gasteiger partial charge in [-0.05, 0) is 6.42 Å². The second-order valence-corrected chi connectivity index (χ2v) is 9.00. The molecule has 1 fully saturated rings. The molecule has 3 N–H and O–H groups in total. The monoisotopic (exact) mass is 522 g/mol. The van der Waals surface area contributed by atoms with E-state index >= 15 is 0 Å². The highest BCUT2D eigenvalue weighted by Gasteiger charge is 2.44. The fourth-order valence-corrected chi connectivity index (χ4v) is 4.17. The van der Waals surface area contributed by atoms with E-state index in [0.717, 1.165) is 19.3 Å². The van der Waals surface area contributed by atoms with E-state index < -0.39 is 24.4 Å². The molecule has 1 heterocycles. The van der Waals surface area contributed by atoms with Crippen LogP contribution in [0.4, 0.5) is 0 Å². The quantitative estimate of drug-likeness (QED) is 0.121. The molecule has 0 bridgehead atoms. The number of aliphatic hydroxyl groups excluding tert-OH is 3. The molecule has 36 heavy (non-hydrogen) atoms. The van der Waals surface area contributed by atoms with Crippen molar-refractivity contribution in [1.82, 2.24) is 0 Å². The predicted molar refractivity (Wildman–Crippen MR) is 134 cm³/mol. The van der Waals surface area contributed by atoms with Crippen molar-refractivity contribution in [1.29, 1.82) is 0 Å². The number of hydrogen-bond acceptors (Lipinski definition) is 10. The van der Waals surface area contributed by atoms with Gasteiger partial charge in [-0.1, -0.05) is 58.3 Å². The molecule has 0 amide bonds. The maximum absolute atomic E-state index is 11.9. The third-order valence-corrected chi connectivity index (χ3v) is 6.01. The van der Waals surface area contributed by atoms with Gasteiger partial charge in [0.05, 0.1) is 59.5 Å². The second kappa shape index (κ2) is 23.3. The Morgan fingerprint density at radius 2 is 1.47 bits per heavy atom. The third kappa shape index (κ3) is 15.4. The van der Waals surface area contributed by atoms with E-state index in [-0.39, 0.29) is 72.0 Å². The van der Waals surface area contributed by atoms with Crippen LogP contribution in [0.1, 0.15) is 71.1 Å². The Hall–Kier alpha value is -0.850. The summed E-state index contributed by atoms with van der Waals surface area (Å²) in [6.07, 6.45) is 9.17. The minimum Gasteiger partial charge on any atom is -0.463 e. The van der Waals surface area contributed by atoms with Gasteiger partial charge in [0, 0.05) is 6.42 Å². The Bertz CT molecular complexity index is 507. The molecule has 0 aromatic carbocycles. The van der Waals surface area contributed by atoms with Crippen molar-refractivity contribution in [3.05, 3.63) is 0 Å². The van der Waals surface area contributed by atoms with Gasteiger partial charge in [0.2, 0.25) is 0 Å². The second-order valence-electron chi connectivity index (χ2n) is 9.00. The van der Waals surface area contributed by atoms with E-state index in [1.54, 1.807) is 0 Å². The zero-order chi connectivity index (χ0) is 26.3. The van der Waals surface area contributed by atoms with Crippen LogP contribution < -0.4 is 0 Å². The van der Waals surface area contributed by atoms with Crippen LogP contribution in [0.2, 0.25) is 0 Å². The van der Waals surface area contributed by atoms with Crippen molar-refractivity contribution in [3.63, 3.8) is 0 Å². The molecule has 1 aliphatic heterocycles. The van der Waals surface area contributed by atoms with Gasteiger partial charge in [0.15, 0.2) is 0 Å². The molecule has 10 heteroatoms. The first kappa shape index (κ1) is 33.2. The average Bonchev–Trinajstić information content (AvgIpc) is 3.29. The standard InChI is InChI=1S/C26H50O10/c1-2-3-4-5-6-7-8-9-10-11-24(30)34-19-18-31-20-22(32-15-12-27)26-25(35-17-14-29)23(21-36-26)33-16-13-28/h22-23,25-29H,2-21H2,1H3/t22?,23?,25-,26-/m1/s1.